The van der Waals surface area contributed by atoms with Crippen LogP contribution in [0.2, 0.25) is 0 Å². The van der Waals surface area contributed by atoms with Crippen LogP contribution in [0.5, 0.6) is 0 Å². The molecule has 2 N–H and O–H groups in total. The van der Waals surface area contributed by atoms with Gasteiger partial charge in [-0.05, 0) is 41.3 Å². The SMILES string of the molecule is CC(CNC(C(=O)Nc1ccc(N2CCN(C)C(=O)C2)cn1)c1ccccc1)c1ccc(C#N)cc1. The van der Waals surface area contributed by atoms with E-state index in [1.54, 1.807) is 36.3 Å². The van der Waals surface area contributed by atoms with E-state index in [2.05, 4.69) is 28.6 Å². The van der Waals surface area contributed by atoms with Gasteiger partial charge < -0.3 is 20.4 Å². The van der Waals surface area contributed by atoms with Gasteiger partial charge in [0.2, 0.25) is 11.8 Å². The zero-order valence-corrected chi connectivity index (χ0v) is 20.5. The average molecular weight is 483 g/mol. The fourth-order valence-corrected chi connectivity index (χ4v) is 4.13. The van der Waals surface area contributed by atoms with Crippen LogP contribution in [0.15, 0.2) is 72.9 Å². The maximum atomic E-state index is 13.3. The lowest BCUT2D eigenvalue weighted by molar-refractivity contribution is -0.129. The molecule has 0 bridgehead atoms. The molecule has 3 aromatic rings. The second-order valence-electron chi connectivity index (χ2n) is 9.01. The summed E-state index contributed by atoms with van der Waals surface area (Å²) < 4.78 is 0. The molecule has 4 rings (SSSR count). The minimum absolute atomic E-state index is 0.0747. The Kier molecular flexibility index (Phi) is 7.93. The first-order valence-electron chi connectivity index (χ1n) is 12.0. The van der Waals surface area contributed by atoms with Crippen molar-refractivity contribution in [1.82, 2.24) is 15.2 Å². The van der Waals surface area contributed by atoms with Gasteiger partial charge in [0.15, 0.2) is 0 Å². The highest BCUT2D eigenvalue weighted by atomic mass is 16.2. The molecule has 184 valence electrons. The molecule has 0 saturated carbocycles. The van der Waals surface area contributed by atoms with Gasteiger partial charge in [0.1, 0.15) is 11.9 Å². The Labute approximate surface area is 211 Å². The first-order chi connectivity index (χ1) is 17.4. The summed E-state index contributed by atoms with van der Waals surface area (Å²) in [7, 11) is 1.80. The van der Waals surface area contributed by atoms with Gasteiger partial charge in [-0.1, -0.05) is 49.4 Å². The Balaban J connectivity index is 1.42. The summed E-state index contributed by atoms with van der Waals surface area (Å²) in [5.74, 6) is 0.460. The number of amides is 2. The Morgan fingerprint density at radius 1 is 1.06 bits per heavy atom. The zero-order chi connectivity index (χ0) is 25.5. The monoisotopic (exact) mass is 482 g/mol. The minimum Gasteiger partial charge on any atom is -0.359 e. The second kappa shape index (κ2) is 11.5. The highest BCUT2D eigenvalue weighted by Crippen LogP contribution is 2.21. The number of aromatic nitrogens is 1. The van der Waals surface area contributed by atoms with Crippen molar-refractivity contribution in [3.05, 3.63) is 89.6 Å². The number of hydrogen-bond donors (Lipinski definition) is 2. The number of pyridine rings is 1. The van der Waals surface area contributed by atoms with Gasteiger partial charge in [-0.2, -0.15) is 5.26 Å². The topological polar surface area (TPSA) is 101 Å². The van der Waals surface area contributed by atoms with Crippen molar-refractivity contribution in [3.63, 3.8) is 0 Å². The van der Waals surface area contributed by atoms with Gasteiger partial charge in [-0.3, -0.25) is 9.59 Å². The van der Waals surface area contributed by atoms with Crippen molar-refractivity contribution in [3.8, 4) is 6.07 Å². The largest absolute Gasteiger partial charge is 0.359 e. The van der Waals surface area contributed by atoms with Crippen LogP contribution < -0.4 is 15.5 Å². The van der Waals surface area contributed by atoms with E-state index in [0.717, 1.165) is 23.4 Å². The van der Waals surface area contributed by atoms with Crippen LogP contribution in [0.25, 0.3) is 0 Å². The molecule has 2 amide bonds. The molecule has 0 spiro atoms. The molecule has 36 heavy (non-hydrogen) atoms. The van der Waals surface area contributed by atoms with E-state index in [4.69, 9.17) is 5.26 Å². The van der Waals surface area contributed by atoms with Gasteiger partial charge in [-0.15, -0.1) is 0 Å². The van der Waals surface area contributed by atoms with Gasteiger partial charge in [-0.25, -0.2) is 4.98 Å². The van der Waals surface area contributed by atoms with Crippen LogP contribution >= 0.6 is 0 Å². The van der Waals surface area contributed by atoms with Crippen molar-refractivity contribution in [1.29, 1.82) is 5.26 Å². The molecule has 0 radical (unpaired) electrons. The summed E-state index contributed by atoms with van der Waals surface area (Å²) in [5.41, 5.74) is 3.42. The molecular formula is C28H30N6O2. The molecule has 2 heterocycles. The quantitative estimate of drug-likeness (QED) is 0.511. The van der Waals surface area contributed by atoms with E-state index in [9.17, 15) is 9.59 Å². The van der Waals surface area contributed by atoms with Gasteiger partial charge in [0.25, 0.3) is 0 Å². The average Bonchev–Trinajstić information content (AvgIpc) is 2.91. The highest BCUT2D eigenvalue weighted by molar-refractivity contribution is 5.95. The first kappa shape index (κ1) is 24.9. The summed E-state index contributed by atoms with van der Waals surface area (Å²) in [6.45, 7) is 4.39. The zero-order valence-electron chi connectivity index (χ0n) is 20.5. The standard InChI is InChI=1S/C28H30N6O2/c1-20(22-10-8-21(16-29)9-11-22)17-31-27(23-6-4-3-5-7-23)28(36)32-25-13-12-24(18-30-25)34-15-14-33(2)26(35)19-34/h3-13,18,20,27,31H,14-15,17,19H2,1-2H3,(H,30,32,36). The van der Waals surface area contributed by atoms with Crippen LogP contribution in [-0.4, -0.2) is 54.9 Å². The third-order valence-electron chi connectivity index (χ3n) is 6.45. The Bertz CT molecular complexity index is 1220. The molecular weight excluding hydrogens is 452 g/mol. The fraction of sp³-hybridized carbons (Fsp3) is 0.286. The van der Waals surface area contributed by atoms with Gasteiger partial charge in [0, 0.05) is 26.7 Å². The number of nitrogens with zero attached hydrogens (tertiary/aromatic N) is 4. The third-order valence-corrected chi connectivity index (χ3v) is 6.45. The van der Waals surface area contributed by atoms with E-state index < -0.39 is 6.04 Å². The summed E-state index contributed by atoms with van der Waals surface area (Å²) in [4.78, 5) is 33.4. The molecule has 8 heteroatoms. The lowest BCUT2D eigenvalue weighted by atomic mass is 9.98. The van der Waals surface area contributed by atoms with E-state index in [1.807, 2.05) is 53.4 Å². The number of nitriles is 1. The molecule has 1 aliphatic rings. The Morgan fingerprint density at radius 3 is 2.44 bits per heavy atom. The van der Waals surface area contributed by atoms with Crippen LogP contribution in [0.3, 0.4) is 0 Å². The minimum atomic E-state index is -0.566. The number of likely N-dealkylation sites (N-methyl/N-ethyl adjacent to an activating group) is 1. The summed E-state index contributed by atoms with van der Waals surface area (Å²) >= 11 is 0. The van der Waals surface area contributed by atoms with Crippen LogP contribution in [0.4, 0.5) is 11.5 Å². The molecule has 1 aliphatic heterocycles. The first-order valence-corrected chi connectivity index (χ1v) is 12.0. The number of nitrogens with one attached hydrogen (secondary N) is 2. The number of anilines is 2. The van der Waals surface area contributed by atoms with E-state index in [1.165, 1.54) is 0 Å². The summed E-state index contributed by atoms with van der Waals surface area (Å²) in [6, 6.07) is 22.3. The normalized spacial score (nSPS) is 15.2. The summed E-state index contributed by atoms with van der Waals surface area (Å²) in [5, 5.41) is 15.3. The van der Waals surface area contributed by atoms with Crippen molar-refractivity contribution in [2.45, 2.75) is 18.9 Å². The second-order valence-corrected chi connectivity index (χ2v) is 9.01. The van der Waals surface area contributed by atoms with Crippen molar-refractivity contribution >= 4 is 23.3 Å². The summed E-state index contributed by atoms with van der Waals surface area (Å²) in [6.07, 6.45) is 1.69. The van der Waals surface area contributed by atoms with E-state index in [0.29, 0.717) is 31.0 Å². The highest BCUT2D eigenvalue weighted by Gasteiger charge is 2.23. The maximum absolute atomic E-state index is 13.3. The molecule has 2 aromatic carbocycles. The predicted octanol–water partition coefficient (Wildman–Crippen LogP) is 3.30. The lowest BCUT2D eigenvalue weighted by Crippen LogP contribution is -2.48. The number of benzene rings is 2. The number of rotatable bonds is 8. The number of hydrogen-bond acceptors (Lipinski definition) is 6. The van der Waals surface area contributed by atoms with Crippen LogP contribution in [0.1, 0.15) is 35.6 Å². The van der Waals surface area contributed by atoms with Crippen LogP contribution in [0, 0.1) is 11.3 Å². The Hall–Kier alpha value is -4.22. The third kappa shape index (κ3) is 6.06. The number of carbonyl (C=O) groups is 2. The molecule has 8 nitrogen and oxygen atoms in total. The Morgan fingerprint density at radius 2 is 1.81 bits per heavy atom. The molecule has 1 aromatic heterocycles. The molecule has 1 fully saturated rings. The van der Waals surface area contributed by atoms with Gasteiger partial charge in [0.05, 0.1) is 30.1 Å². The number of carbonyl (C=O) groups excluding carboxylic acids is 2. The molecule has 0 aliphatic carbocycles. The van der Waals surface area contributed by atoms with E-state index >= 15 is 0 Å². The smallest absolute Gasteiger partial charge is 0.247 e. The van der Waals surface area contributed by atoms with Gasteiger partial charge >= 0.3 is 0 Å². The fourth-order valence-electron chi connectivity index (χ4n) is 4.13. The number of piperazine rings is 1. The molecule has 2 unspecified atom stereocenters. The van der Waals surface area contributed by atoms with Crippen molar-refractivity contribution < 1.29 is 9.59 Å². The molecule has 2 atom stereocenters. The van der Waals surface area contributed by atoms with E-state index in [-0.39, 0.29) is 17.7 Å². The van der Waals surface area contributed by atoms with Crippen molar-refractivity contribution in [2.75, 3.05) is 43.4 Å². The van der Waals surface area contributed by atoms with Crippen molar-refractivity contribution in [2.24, 2.45) is 0 Å². The molecule has 1 saturated heterocycles. The predicted molar refractivity (Wildman–Crippen MR) is 139 cm³/mol. The maximum Gasteiger partial charge on any atom is 0.247 e. The lowest BCUT2D eigenvalue weighted by Gasteiger charge is -2.33. The van der Waals surface area contributed by atoms with Crippen LogP contribution in [-0.2, 0) is 9.59 Å².